The van der Waals surface area contributed by atoms with Gasteiger partial charge in [0.05, 0.1) is 44.1 Å². The number of hydrogen-bond acceptors (Lipinski definition) is 3. The van der Waals surface area contributed by atoms with Crippen LogP contribution >= 0.6 is 34.0 Å². The molecule has 7 heteroatoms. The van der Waals surface area contributed by atoms with Gasteiger partial charge in [0.2, 0.25) is 0 Å². The van der Waals surface area contributed by atoms with Crippen LogP contribution in [-0.2, 0) is 0 Å². The van der Waals surface area contributed by atoms with Gasteiger partial charge in [0.25, 0.3) is 0 Å². The zero-order chi connectivity index (χ0) is 83.6. The van der Waals surface area contributed by atoms with Crippen molar-refractivity contribution in [3.05, 3.63) is 461 Å². The summed E-state index contributed by atoms with van der Waals surface area (Å²) < 4.78 is 17.6. The number of thiophene rings is 3. The molecule has 0 radical (unpaired) electrons. The molecule has 0 aliphatic heterocycles. The molecule has 7 aromatic heterocycles. The lowest BCUT2D eigenvalue weighted by Crippen LogP contribution is -1.96. The number of fused-ring (bicyclic) bond motifs is 21. The third kappa shape index (κ3) is 12.6. The molecule has 594 valence electrons. The summed E-state index contributed by atoms with van der Waals surface area (Å²) in [7, 11) is 0. The normalized spacial score (nSPS) is 11.8. The fourth-order valence-corrected chi connectivity index (χ4v) is 23.5. The van der Waals surface area contributed by atoms with Crippen molar-refractivity contribution in [3.63, 3.8) is 0 Å². The van der Waals surface area contributed by atoms with E-state index < -0.39 is 0 Å². The van der Waals surface area contributed by atoms with E-state index in [2.05, 4.69) is 479 Å². The van der Waals surface area contributed by atoms with Gasteiger partial charge in [0, 0.05) is 126 Å². The molecule has 27 aromatic rings. The monoisotopic (exact) mass is 1670 g/mol. The maximum atomic E-state index is 2.42. The van der Waals surface area contributed by atoms with Crippen molar-refractivity contribution in [3.8, 4) is 89.5 Å². The number of hydrogen-bond donors (Lipinski definition) is 0. The van der Waals surface area contributed by atoms with Gasteiger partial charge < -0.3 is 18.3 Å². The molecule has 0 aliphatic carbocycles. The van der Waals surface area contributed by atoms with E-state index in [9.17, 15) is 0 Å². The summed E-state index contributed by atoms with van der Waals surface area (Å²) in [5.41, 5.74) is 29.3. The maximum Gasteiger partial charge on any atom is 0.0542 e. The molecule has 0 spiro atoms. The van der Waals surface area contributed by atoms with Crippen molar-refractivity contribution >= 4 is 182 Å². The topological polar surface area (TPSA) is 19.7 Å². The maximum absolute atomic E-state index is 2.42. The minimum Gasteiger partial charge on any atom is -0.309 e. The van der Waals surface area contributed by atoms with E-state index in [0.717, 1.165) is 5.69 Å². The fraction of sp³-hybridized carbons (Fsp3) is 0. The highest BCUT2D eigenvalue weighted by Gasteiger charge is 2.22. The molecule has 0 bridgehead atoms. The summed E-state index contributed by atoms with van der Waals surface area (Å²) in [6.07, 6.45) is 0. The van der Waals surface area contributed by atoms with Crippen LogP contribution in [0.1, 0.15) is 0 Å². The zero-order valence-corrected chi connectivity index (χ0v) is 71.3. The van der Waals surface area contributed by atoms with Crippen LogP contribution in [0.25, 0.3) is 237 Å². The highest BCUT2D eigenvalue weighted by Crippen LogP contribution is 2.47. The lowest BCUT2D eigenvalue weighted by molar-refractivity contribution is 1.17. The molecule has 127 heavy (non-hydrogen) atoms. The van der Waals surface area contributed by atoms with E-state index in [0.29, 0.717) is 0 Å². The van der Waals surface area contributed by atoms with Crippen LogP contribution in [0.3, 0.4) is 0 Å². The zero-order valence-electron chi connectivity index (χ0n) is 68.9. The van der Waals surface area contributed by atoms with E-state index in [1.807, 2.05) is 34.0 Å². The van der Waals surface area contributed by atoms with E-state index in [-0.39, 0.29) is 0 Å². The quantitative estimate of drug-likeness (QED) is 0.130. The van der Waals surface area contributed by atoms with E-state index in [1.54, 1.807) is 0 Å². The lowest BCUT2D eigenvalue weighted by Gasteiger charge is -2.12. The minimum atomic E-state index is 1.15. The molecule has 0 fully saturated rings. The Kier molecular flexibility index (Phi) is 17.8. The molecule has 4 nitrogen and oxygen atoms in total. The second-order valence-electron chi connectivity index (χ2n) is 32.9. The number of para-hydroxylation sites is 7. The predicted molar refractivity (Wildman–Crippen MR) is 548 cm³/mol. The van der Waals surface area contributed by atoms with E-state index >= 15 is 0 Å². The number of rotatable bonds is 10. The first-order valence-electron chi connectivity index (χ1n) is 43.3. The predicted octanol–water partition coefficient (Wildman–Crippen LogP) is 34.6. The van der Waals surface area contributed by atoms with Crippen molar-refractivity contribution in [1.82, 2.24) is 18.3 Å². The fourth-order valence-electron chi connectivity index (χ4n) is 19.9. The highest BCUT2D eigenvalue weighted by molar-refractivity contribution is 7.27. The minimum absolute atomic E-state index is 1.15. The molecule has 0 saturated carbocycles. The summed E-state index contributed by atoms with van der Waals surface area (Å²) in [4.78, 5) is 0. The third-order valence-electron chi connectivity index (χ3n) is 25.7. The smallest absolute Gasteiger partial charge is 0.0542 e. The van der Waals surface area contributed by atoms with E-state index in [1.165, 1.54) is 232 Å². The van der Waals surface area contributed by atoms with Gasteiger partial charge >= 0.3 is 0 Å². The number of nitrogens with zero attached hydrogens (tertiary/aromatic N) is 4. The molecule has 0 amide bonds. The van der Waals surface area contributed by atoms with Crippen LogP contribution in [0.5, 0.6) is 0 Å². The Morgan fingerprint density at radius 1 is 0.126 bits per heavy atom. The first-order chi connectivity index (χ1) is 63.0. The van der Waals surface area contributed by atoms with Gasteiger partial charge in [-0.15, -0.1) is 34.0 Å². The van der Waals surface area contributed by atoms with Crippen LogP contribution in [0.15, 0.2) is 461 Å². The van der Waals surface area contributed by atoms with Crippen molar-refractivity contribution in [2.45, 2.75) is 0 Å². The molecule has 27 rings (SSSR count). The molecule has 0 aliphatic rings. The second-order valence-corrected chi connectivity index (χ2v) is 36.1. The molecule has 0 saturated heterocycles. The van der Waals surface area contributed by atoms with Crippen LogP contribution in [0.2, 0.25) is 0 Å². The Balaban J connectivity index is 0.000000105. The van der Waals surface area contributed by atoms with Gasteiger partial charge in [-0.3, -0.25) is 0 Å². The lowest BCUT2D eigenvalue weighted by atomic mass is 9.97. The first kappa shape index (κ1) is 73.9. The third-order valence-corrected chi connectivity index (χ3v) is 29.3. The molecule has 0 atom stereocenters. The standard InChI is InChI=1S/C48H30N2S.2C36H23NS/c1-5-22-43-37(16-1)38-17-2-6-23-44(38)50(43)35-26-27-46-42(30-35)39-18-3-7-24-45(39)49(46)34-15-10-13-32(29-34)31-12-9-14-33(28-31)36-20-11-21-41-40-19-4-8-25-47(40)51-48(36)41;1-4-19-33-29(14-1)30-15-2-5-20-34(30)37(33)27-13-8-11-25(23-27)24-10-7-12-26(22-24)28-17-9-18-32-31-16-3-6-21-35(31)38-36(28)32;1-4-16-33-29(13-1)30-14-2-5-17-34(30)37(33)28-12-8-11-26(22-28)24-9-7-10-25(21-24)27-19-20-36-32(23-27)31-15-3-6-18-35(31)38-36/h1-30H;2*1-23H. The van der Waals surface area contributed by atoms with Gasteiger partial charge in [-0.05, 0) is 212 Å². The molecule has 0 unspecified atom stereocenters. The van der Waals surface area contributed by atoms with Crippen LogP contribution < -0.4 is 0 Å². The average Bonchev–Trinajstić information content (AvgIpc) is 1.62. The first-order valence-corrected chi connectivity index (χ1v) is 45.8. The highest BCUT2D eigenvalue weighted by atomic mass is 32.1. The van der Waals surface area contributed by atoms with Crippen LogP contribution in [0, 0.1) is 0 Å². The van der Waals surface area contributed by atoms with Gasteiger partial charge in [-0.25, -0.2) is 0 Å². The summed E-state index contributed by atoms with van der Waals surface area (Å²) in [5, 5.41) is 18.2. The van der Waals surface area contributed by atoms with Crippen molar-refractivity contribution in [2.75, 3.05) is 0 Å². The molecular weight excluding hydrogens is 1590 g/mol. The van der Waals surface area contributed by atoms with Crippen molar-refractivity contribution in [1.29, 1.82) is 0 Å². The van der Waals surface area contributed by atoms with Crippen molar-refractivity contribution in [2.24, 2.45) is 0 Å². The largest absolute Gasteiger partial charge is 0.309 e. The average molecular weight is 1670 g/mol. The van der Waals surface area contributed by atoms with E-state index in [4.69, 9.17) is 0 Å². The number of aromatic nitrogens is 4. The molecule has 0 N–H and O–H groups in total. The summed E-state index contributed by atoms with van der Waals surface area (Å²) in [6, 6.07) is 168. The van der Waals surface area contributed by atoms with Crippen LogP contribution in [0.4, 0.5) is 0 Å². The van der Waals surface area contributed by atoms with Gasteiger partial charge in [-0.1, -0.05) is 315 Å². The molecule has 20 aromatic carbocycles. The Labute approximate surface area is 744 Å². The van der Waals surface area contributed by atoms with Gasteiger partial charge in [0.15, 0.2) is 0 Å². The Morgan fingerprint density at radius 2 is 0.370 bits per heavy atom. The summed E-state index contributed by atoms with van der Waals surface area (Å²) in [6.45, 7) is 0. The molecule has 7 heterocycles. The molecular formula is C120H76N4S3. The summed E-state index contributed by atoms with van der Waals surface area (Å²) in [5.74, 6) is 0. The van der Waals surface area contributed by atoms with Gasteiger partial charge in [0.1, 0.15) is 0 Å². The Morgan fingerprint density at radius 3 is 0.740 bits per heavy atom. The Bertz CT molecular complexity index is 8910. The number of benzene rings is 20. The summed E-state index contributed by atoms with van der Waals surface area (Å²) >= 11 is 5.63. The van der Waals surface area contributed by atoms with Crippen LogP contribution in [-0.4, -0.2) is 18.3 Å². The Hall–Kier alpha value is -15.7. The van der Waals surface area contributed by atoms with Gasteiger partial charge in [-0.2, -0.15) is 0 Å². The SMILES string of the molecule is c1cc(-c2cccc(-n3c4ccccc4c4cc(-n5c6ccccc6c6ccccc65)ccc43)c2)cc(-c2cccc3c2sc2ccccc23)c1.c1cc(-c2cccc(-n3c4ccccc4c4ccccc43)c2)cc(-c2ccc3sc4ccccc4c3c2)c1.c1cc(-c2cccc(-n3c4ccccc4c4ccccc43)c2)cc(-c2cccc3c2sc2ccccc23)c1. The van der Waals surface area contributed by atoms with Crippen molar-refractivity contribution < 1.29 is 0 Å². The second kappa shape index (κ2) is 30.6.